The molecule has 2 atom stereocenters. The van der Waals surface area contributed by atoms with Gasteiger partial charge in [0, 0.05) is 62.3 Å². The van der Waals surface area contributed by atoms with Crippen molar-refractivity contribution in [1.82, 2.24) is 20.4 Å². The van der Waals surface area contributed by atoms with Crippen LogP contribution in [0.5, 0.6) is 0 Å². The number of halogens is 3. The fourth-order valence-electron chi connectivity index (χ4n) is 3.77. The maximum atomic E-state index is 14.2. The van der Waals surface area contributed by atoms with E-state index < -0.39 is 0 Å². The van der Waals surface area contributed by atoms with E-state index in [1.165, 1.54) is 6.07 Å². The molecule has 0 aromatic heterocycles. The van der Waals surface area contributed by atoms with E-state index in [1.54, 1.807) is 31.1 Å². The fourth-order valence-corrected chi connectivity index (χ4v) is 4.07. The maximum Gasteiger partial charge on any atom is 0.236 e. The van der Waals surface area contributed by atoms with Gasteiger partial charge < -0.3 is 15.5 Å². The highest BCUT2D eigenvalue weighted by Crippen LogP contribution is 2.44. The molecule has 2 fully saturated rings. The topological polar surface area (TPSA) is 60.0 Å². The Morgan fingerprint density at radius 1 is 1.30 bits per heavy atom. The molecule has 2 aliphatic rings. The standard InChI is InChI=1S/C21H31ClFN5O.HI/c1-4-24-21(25-14-8-10-28(11-9-14)13-19(29)27(2)3)26-18-12-15(18)20-16(22)6-5-7-17(20)23;/h5-7,14-15,18H,4,8-13H2,1-3H3,(H2,24,25,26);1H. The van der Waals surface area contributed by atoms with Crippen molar-refractivity contribution in [2.75, 3.05) is 40.3 Å². The average molecular weight is 552 g/mol. The van der Waals surface area contributed by atoms with Crippen LogP contribution >= 0.6 is 35.6 Å². The Morgan fingerprint density at radius 3 is 2.60 bits per heavy atom. The highest BCUT2D eigenvalue weighted by Gasteiger charge is 2.42. The molecule has 168 valence electrons. The van der Waals surface area contributed by atoms with Crippen molar-refractivity contribution in [3.05, 3.63) is 34.6 Å². The molecule has 1 aliphatic carbocycles. The quantitative estimate of drug-likeness (QED) is 0.324. The second-order valence-corrected chi connectivity index (χ2v) is 8.44. The molecule has 0 radical (unpaired) electrons. The molecule has 0 spiro atoms. The normalized spacial score (nSPS) is 22.2. The molecule has 1 saturated heterocycles. The van der Waals surface area contributed by atoms with Crippen LogP contribution in [0, 0.1) is 5.82 Å². The Bertz CT molecular complexity index is 735. The summed E-state index contributed by atoms with van der Waals surface area (Å²) in [5.41, 5.74) is 0.599. The van der Waals surface area contributed by atoms with Gasteiger partial charge in [0.05, 0.1) is 6.54 Å². The Kier molecular flexibility index (Phi) is 9.62. The Balaban J connectivity index is 0.00000320. The van der Waals surface area contributed by atoms with Gasteiger partial charge in [-0.2, -0.15) is 0 Å². The summed E-state index contributed by atoms with van der Waals surface area (Å²) >= 11 is 6.21. The zero-order valence-electron chi connectivity index (χ0n) is 17.8. The fraction of sp³-hybridized carbons (Fsp3) is 0.619. The average Bonchev–Trinajstić information content (AvgIpc) is 3.41. The number of piperidine rings is 1. The molecule has 1 aliphatic heterocycles. The zero-order chi connectivity index (χ0) is 21.0. The van der Waals surface area contributed by atoms with Crippen LogP contribution in [0.25, 0.3) is 0 Å². The molecule has 6 nitrogen and oxygen atoms in total. The Morgan fingerprint density at radius 2 is 2.00 bits per heavy atom. The summed E-state index contributed by atoms with van der Waals surface area (Å²) in [6, 6.07) is 5.29. The van der Waals surface area contributed by atoms with Gasteiger partial charge in [0.15, 0.2) is 5.96 Å². The summed E-state index contributed by atoms with van der Waals surface area (Å²) in [6.45, 7) is 4.91. The van der Waals surface area contributed by atoms with Crippen LogP contribution in [0.15, 0.2) is 23.2 Å². The lowest BCUT2D eigenvalue weighted by Gasteiger charge is -2.33. The number of carbonyl (C=O) groups is 1. The number of nitrogens with zero attached hydrogens (tertiary/aromatic N) is 3. The van der Waals surface area contributed by atoms with Crippen LogP contribution in [-0.4, -0.2) is 74.0 Å². The minimum absolute atomic E-state index is 0. The summed E-state index contributed by atoms with van der Waals surface area (Å²) < 4.78 is 14.2. The molecule has 1 saturated carbocycles. The molecular weight excluding hydrogens is 520 g/mol. The van der Waals surface area contributed by atoms with Crippen molar-refractivity contribution in [2.24, 2.45) is 4.99 Å². The lowest BCUT2D eigenvalue weighted by Crippen LogP contribution is -2.50. The first-order valence-corrected chi connectivity index (χ1v) is 10.7. The summed E-state index contributed by atoms with van der Waals surface area (Å²) in [5.74, 6) is 0.744. The van der Waals surface area contributed by atoms with Gasteiger partial charge in [-0.3, -0.25) is 14.7 Å². The monoisotopic (exact) mass is 551 g/mol. The Labute approximate surface area is 200 Å². The van der Waals surface area contributed by atoms with Crippen LogP contribution in [0.1, 0.15) is 37.7 Å². The lowest BCUT2D eigenvalue weighted by atomic mass is 10.1. The molecule has 9 heteroatoms. The lowest BCUT2D eigenvalue weighted by molar-refractivity contribution is -0.130. The van der Waals surface area contributed by atoms with E-state index >= 15 is 0 Å². The number of nitrogens with one attached hydrogen (secondary N) is 2. The molecular formula is C21H32ClFIN5O. The number of guanidine groups is 1. The minimum atomic E-state index is -0.242. The van der Waals surface area contributed by atoms with Crippen LogP contribution < -0.4 is 10.6 Å². The van der Waals surface area contributed by atoms with Crippen molar-refractivity contribution < 1.29 is 9.18 Å². The molecule has 30 heavy (non-hydrogen) atoms. The number of benzene rings is 1. The number of carbonyl (C=O) groups excluding carboxylic acids is 1. The SMILES string of the molecule is CCN=C(NC1CCN(CC(=O)N(C)C)CC1)NC1CC1c1c(F)cccc1Cl.I. The van der Waals surface area contributed by atoms with E-state index in [0.29, 0.717) is 29.7 Å². The first kappa shape index (κ1) is 25.1. The molecule has 2 N–H and O–H groups in total. The van der Waals surface area contributed by atoms with Gasteiger partial charge in [-0.05, 0) is 38.3 Å². The van der Waals surface area contributed by atoms with E-state index in [9.17, 15) is 9.18 Å². The van der Waals surface area contributed by atoms with Crippen LogP contribution in [-0.2, 0) is 4.79 Å². The second-order valence-electron chi connectivity index (χ2n) is 8.03. The largest absolute Gasteiger partial charge is 0.354 e. The van der Waals surface area contributed by atoms with Crippen LogP contribution in [0.4, 0.5) is 4.39 Å². The van der Waals surface area contributed by atoms with Gasteiger partial charge >= 0.3 is 0 Å². The molecule has 2 unspecified atom stereocenters. The molecule has 3 rings (SSSR count). The number of hydrogen-bond acceptors (Lipinski definition) is 3. The van der Waals surface area contributed by atoms with E-state index in [2.05, 4.69) is 20.5 Å². The number of rotatable bonds is 6. The van der Waals surface area contributed by atoms with Crippen molar-refractivity contribution >= 4 is 47.4 Å². The smallest absolute Gasteiger partial charge is 0.236 e. The molecule has 1 aromatic carbocycles. The van der Waals surface area contributed by atoms with Crippen molar-refractivity contribution in [3.63, 3.8) is 0 Å². The Hall–Kier alpha value is -1.13. The van der Waals surface area contributed by atoms with E-state index in [4.69, 9.17) is 11.6 Å². The summed E-state index contributed by atoms with van der Waals surface area (Å²) in [6.07, 6.45) is 2.76. The van der Waals surface area contributed by atoms with Gasteiger partial charge in [0.2, 0.25) is 5.91 Å². The molecule has 0 bridgehead atoms. The molecule has 1 heterocycles. The van der Waals surface area contributed by atoms with Gasteiger partial charge in [0.1, 0.15) is 5.82 Å². The van der Waals surface area contributed by atoms with Crippen molar-refractivity contribution in [3.8, 4) is 0 Å². The highest BCUT2D eigenvalue weighted by molar-refractivity contribution is 14.0. The first-order valence-electron chi connectivity index (χ1n) is 10.3. The molecule has 1 amide bonds. The third kappa shape index (κ3) is 6.68. The maximum absolute atomic E-state index is 14.2. The van der Waals surface area contributed by atoms with E-state index in [0.717, 1.165) is 38.3 Å². The third-order valence-corrected chi connectivity index (χ3v) is 5.91. The molecule has 1 aromatic rings. The van der Waals surface area contributed by atoms with Gasteiger partial charge in [-0.1, -0.05) is 17.7 Å². The first-order chi connectivity index (χ1) is 13.9. The summed E-state index contributed by atoms with van der Waals surface area (Å²) in [5, 5.41) is 7.44. The van der Waals surface area contributed by atoms with E-state index in [-0.39, 0.29) is 47.7 Å². The van der Waals surface area contributed by atoms with Gasteiger partial charge in [-0.25, -0.2) is 4.39 Å². The zero-order valence-corrected chi connectivity index (χ0v) is 20.9. The summed E-state index contributed by atoms with van der Waals surface area (Å²) in [4.78, 5) is 20.3. The highest BCUT2D eigenvalue weighted by atomic mass is 127. The van der Waals surface area contributed by atoms with Crippen molar-refractivity contribution in [1.29, 1.82) is 0 Å². The third-order valence-electron chi connectivity index (χ3n) is 5.59. The number of likely N-dealkylation sites (tertiary alicyclic amines) is 1. The number of likely N-dealkylation sites (N-methyl/N-ethyl adjacent to an activating group) is 1. The predicted molar refractivity (Wildman–Crippen MR) is 130 cm³/mol. The van der Waals surface area contributed by atoms with Crippen LogP contribution in [0.2, 0.25) is 5.02 Å². The predicted octanol–water partition coefficient (Wildman–Crippen LogP) is 3.06. The number of hydrogen-bond donors (Lipinski definition) is 2. The van der Waals surface area contributed by atoms with Crippen LogP contribution in [0.3, 0.4) is 0 Å². The minimum Gasteiger partial charge on any atom is -0.354 e. The van der Waals surface area contributed by atoms with Gasteiger partial charge in [0.25, 0.3) is 0 Å². The van der Waals surface area contributed by atoms with Crippen molar-refractivity contribution in [2.45, 2.75) is 44.2 Å². The van der Waals surface area contributed by atoms with E-state index in [1.807, 2.05) is 6.92 Å². The second kappa shape index (κ2) is 11.5. The number of aliphatic imine (C=N–C) groups is 1. The van der Waals surface area contributed by atoms with Gasteiger partial charge in [-0.15, -0.1) is 24.0 Å². The number of amides is 1. The summed E-state index contributed by atoms with van der Waals surface area (Å²) in [7, 11) is 3.57.